The van der Waals surface area contributed by atoms with Crippen molar-refractivity contribution in [3.63, 3.8) is 0 Å². The van der Waals surface area contributed by atoms with E-state index < -0.39 is 0 Å². The molecular formula is C9H12BrN3. The summed E-state index contributed by atoms with van der Waals surface area (Å²) >= 11 is 3.34. The van der Waals surface area contributed by atoms with Crippen molar-refractivity contribution >= 4 is 21.7 Å². The van der Waals surface area contributed by atoms with Gasteiger partial charge in [-0.05, 0) is 40.9 Å². The molecule has 1 fully saturated rings. The third-order valence-corrected chi connectivity index (χ3v) is 2.83. The maximum atomic E-state index is 5.65. The summed E-state index contributed by atoms with van der Waals surface area (Å²) in [6, 6.07) is 3.93. The first-order valence-electron chi connectivity index (χ1n) is 4.34. The molecule has 13 heavy (non-hydrogen) atoms. The molecule has 1 aliphatic carbocycles. The Morgan fingerprint density at radius 2 is 2.31 bits per heavy atom. The minimum Gasteiger partial charge on any atom is -0.363 e. The lowest BCUT2D eigenvalue weighted by Crippen LogP contribution is -2.31. The molecule has 0 bridgehead atoms. The van der Waals surface area contributed by atoms with Crippen LogP contribution in [0.3, 0.4) is 0 Å². The zero-order valence-corrected chi connectivity index (χ0v) is 8.84. The predicted octanol–water partition coefficient (Wildman–Crippen LogP) is 1.75. The molecule has 1 aromatic heterocycles. The lowest BCUT2D eigenvalue weighted by Gasteiger charge is -2.15. The number of rotatable bonds is 3. The number of pyridine rings is 1. The second-order valence-corrected chi connectivity index (χ2v) is 4.39. The largest absolute Gasteiger partial charge is 0.363 e. The van der Waals surface area contributed by atoms with Gasteiger partial charge in [0.25, 0.3) is 0 Å². The number of aromatic nitrogens is 1. The van der Waals surface area contributed by atoms with Crippen LogP contribution in [0.25, 0.3) is 0 Å². The first kappa shape index (κ1) is 8.97. The summed E-state index contributed by atoms with van der Waals surface area (Å²) in [7, 11) is 0. The van der Waals surface area contributed by atoms with Gasteiger partial charge in [0.2, 0.25) is 0 Å². The third kappa shape index (κ3) is 2.00. The highest BCUT2D eigenvalue weighted by Crippen LogP contribution is 2.37. The van der Waals surface area contributed by atoms with Crippen molar-refractivity contribution in [3.8, 4) is 0 Å². The van der Waals surface area contributed by atoms with Crippen molar-refractivity contribution < 1.29 is 0 Å². The van der Waals surface area contributed by atoms with Gasteiger partial charge in [-0.2, -0.15) is 0 Å². The van der Waals surface area contributed by atoms with Gasteiger partial charge in [0.05, 0.1) is 5.54 Å². The van der Waals surface area contributed by atoms with E-state index in [-0.39, 0.29) is 5.54 Å². The number of nitrogens with zero attached hydrogens (tertiary/aromatic N) is 1. The third-order valence-electron chi connectivity index (χ3n) is 2.36. The molecule has 3 nitrogen and oxygen atoms in total. The molecule has 0 radical (unpaired) electrons. The highest BCUT2D eigenvalue weighted by Gasteiger charge is 2.41. The van der Waals surface area contributed by atoms with Gasteiger partial charge in [0, 0.05) is 17.2 Å². The standard InChI is InChI=1S/C9H12BrN3/c10-7-1-2-8(12-5-7)13-9(6-11)3-4-9/h1-2,5H,3-4,6,11H2,(H,12,13). The number of anilines is 1. The van der Waals surface area contributed by atoms with E-state index in [1.54, 1.807) is 6.20 Å². The Balaban J connectivity index is 2.06. The molecule has 1 heterocycles. The summed E-state index contributed by atoms with van der Waals surface area (Å²) in [4.78, 5) is 4.24. The fourth-order valence-corrected chi connectivity index (χ4v) is 1.49. The van der Waals surface area contributed by atoms with E-state index >= 15 is 0 Å². The highest BCUT2D eigenvalue weighted by atomic mass is 79.9. The highest BCUT2D eigenvalue weighted by molar-refractivity contribution is 9.10. The minimum absolute atomic E-state index is 0.140. The van der Waals surface area contributed by atoms with E-state index in [0.29, 0.717) is 6.54 Å². The molecule has 0 aliphatic heterocycles. The average Bonchev–Trinajstić information content (AvgIpc) is 2.90. The number of halogens is 1. The zero-order chi connectivity index (χ0) is 9.31. The molecule has 0 spiro atoms. The van der Waals surface area contributed by atoms with Crippen molar-refractivity contribution in [2.45, 2.75) is 18.4 Å². The van der Waals surface area contributed by atoms with Crippen LogP contribution in [0.15, 0.2) is 22.8 Å². The molecule has 0 unspecified atom stereocenters. The zero-order valence-electron chi connectivity index (χ0n) is 7.26. The van der Waals surface area contributed by atoms with Crippen LogP contribution < -0.4 is 11.1 Å². The molecule has 1 saturated carbocycles. The van der Waals surface area contributed by atoms with Crippen LogP contribution in [0.4, 0.5) is 5.82 Å². The van der Waals surface area contributed by atoms with E-state index in [2.05, 4.69) is 26.2 Å². The summed E-state index contributed by atoms with van der Waals surface area (Å²) in [6.07, 6.45) is 4.09. The molecule has 70 valence electrons. The first-order chi connectivity index (χ1) is 6.24. The molecular weight excluding hydrogens is 230 g/mol. The molecule has 0 amide bonds. The minimum atomic E-state index is 0.140. The maximum absolute atomic E-state index is 5.65. The molecule has 0 aromatic carbocycles. The van der Waals surface area contributed by atoms with E-state index in [1.807, 2.05) is 12.1 Å². The lowest BCUT2D eigenvalue weighted by molar-refractivity contribution is 0.737. The van der Waals surface area contributed by atoms with Crippen LogP contribution in [0, 0.1) is 0 Å². The van der Waals surface area contributed by atoms with Gasteiger partial charge in [-0.25, -0.2) is 4.98 Å². The van der Waals surface area contributed by atoms with Crippen molar-refractivity contribution in [1.29, 1.82) is 0 Å². The Morgan fingerprint density at radius 1 is 1.54 bits per heavy atom. The van der Waals surface area contributed by atoms with E-state index in [0.717, 1.165) is 23.1 Å². The van der Waals surface area contributed by atoms with Gasteiger partial charge >= 0.3 is 0 Å². The summed E-state index contributed by atoms with van der Waals surface area (Å²) in [5.74, 6) is 0.908. The summed E-state index contributed by atoms with van der Waals surface area (Å²) in [6.45, 7) is 0.685. The van der Waals surface area contributed by atoms with Crippen LogP contribution in [-0.2, 0) is 0 Å². The lowest BCUT2D eigenvalue weighted by atomic mass is 10.3. The van der Waals surface area contributed by atoms with Crippen LogP contribution in [-0.4, -0.2) is 17.1 Å². The number of nitrogens with two attached hydrogens (primary N) is 1. The molecule has 0 saturated heterocycles. The molecule has 4 heteroatoms. The van der Waals surface area contributed by atoms with Gasteiger partial charge < -0.3 is 11.1 Å². The second-order valence-electron chi connectivity index (χ2n) is 3.47. The van der Waals surface area contributed by atoms with Crippen LogP contribution in [0.2, 0.25) is 0 Å². The Kier molecular flexibility index (Phi) is 2.26. The van der Waals surface area contributed by atoms with Gasteiger partial charge in [-0.15, -0.1) is 0 Å². The smallest absolute Gasteiger partial charge is 0.126 e. The SMILES string of the molecule is NCC1(Nc2ccc(Br)cn2)CC1. The van der Waals surface area contributed by atoms with Crippen molar-refractivity contribution in [1.82, 2.24) is 4.98 Å². The van der Waals surface area contributed by atoms with Crippen molar-refractivity contribution in [2.24, 2.45) is 5.73 Å². The molecule has 1 aromatic rings. The average molecular weight is 242 g/mol. The first-order valence-corrected chi connectivity index (χ1v) is 5.13. The number of hydrogen-bond acceptors (Lipinski definition) is 3. The van der Waals surface area contributed by atoms with Crippen molar-refractivity contribution in [3.05, 3.63) is 22.8 Å². The van der Waals surface area contributed by atoms with Gasteiger partial charge in [0.1, 0.15) is 5.82 Å². The Labute approximate surface area is 85.9 Å². The van der Waals surface area contributed by atoms with E-state index in [9.17, 15) is 0 Å². The van der Waals surface area contributed by atoms with Crippen molar-refractivity contribution in [2.75, 3.05) is 11.9 Å². The molecule has 0 atom stereocenters. The number of hydrogen-bond donors (Lipinski definition) is 2. The normalized spacial score (nSPS) is 18.3. The fraction of sp³-hybridized carbons (Fsp3) is 0.444. The second kappa shape index (κ2) is 3.27. The van der Waals surface area contributed by atoms with Gasteiger partial charge in [0.15, 0.2) is 0 Å². The Hall–Kier alpha value is -0.610. The summed E-state index contributed by atoms with van der Waals surface area (Å²) in [5.41, 5.74) is 5.79. The fourth-order valence-electron chi connectivity index (χ4n) is 1.25. The van der Waals surface area contributed by atoms with Crippen LogP contribution in [0.1, 0.15) is 12.8 Å². The predicted molar refractivity (Wildman–Crippen MR) is 56.6 cm³/mol. The summed E-state index contributed by atoms with van der Waals surface area (Å²) in [5, 5.41) is 3.35. The van der Waals surface area contributed by atoms with E-state index in [1.165, 1.54) is 0 Å². The van der Waals surface area contributed by atoms with Gasteiger partial charge in [-0.3, -0.25) is 0 Å². The Bertz CT molecular complexity index is 292. The summed E-state index contributed by atoms with van der Waals surface area (Å²) < 4.78 is 0.996. The van der Waals surface area contributed by atoms with Crippen LogP contribution >= 0.6 is 15.9 Å². The maximum Gasteiger partial charge on any atom is 0.126 e. The van der Waals surface area contributed by atoms with E-state index in [4.69, 9.17) is 5.73 Å². The molecule has 2 rings (SSSR count). The topological polar surface area (TPSA) is 50.9 Å². The van der Waals surface area contributed by atoms with Gasteiger partial charge in [-0.1, -0.05) is 0 Å². The monoisotopic (exact) mass is 241 g/mol. The number of nitrogens with one attached hydrogen (secondary N) is 1. The quantitative estimate of drug-likeness (QED) is 0.848. The van der Waals surface area contributed by atoms with Crippen LogP contribution in [0.5, 0.6) is 0 Å². The molecule has 1 aliphatic rings. The molecule has 3 N–H and O–H groups in total. The Morgan fingerprint density at radius 3 is 2.77 bits per heavy atom.